The maximum absolute atomic E-state index is 13.8. The Balaban J connectivity index is 1.45. The highest BCUT2D eigenvalue weighted by Gasteiger charge is 2.48. The summed E-state index contributed by atoms with van der Waals surface area (Å²) in [5.41, 5.74) is 5.67. The molecule has 8 nitrogen and oxygen atoms in total. The normalized spacial score (nSPS) is 19.8. The van der Waals surface area contributed by atoms with Crippen LogP contribution in [-0.4, -0.2) is 52.1 Å². The number of hydrogen-bond donors (Lipinski definition) is 2. The lowest BCUT2D eigenvalue weighted by atomic mass is 9.93. The van der Waals surface area contributed by atoms with Crippen LogP contribution in [0.2, 0.25) is 0 Å². The Kier molecular flexibility index (Phi) is 6.18. The summed E-state index contributed by atoms with van der Waals surface area (Å²) in [5.74, 6) is 0.373. The first-order valence-corrected chi connectivity index (χ1v) is 14.7. The smallest absolute Gasteiger partial charge is 0.273 e. The average Bonchev–Trinajstić information content (AvgIpc) is 3.58. The maximum atomic E-state index is 13.8. The van der Waals surface area contributed by atoms with E-state index in [0.29, 0.717) is 41.3 Å². The van der Waals surface area contributed by atoms with Gasteiger partial charge >= 0.3 is 0 Å². The van der Waals surface area contributed by atoms with E-state index in [-0.39, 0.29) is 23.2 Å². The molecule has 2 N–H and O–H groups in total. The number of benzene rings is 3. The molecule has 2 atom stereocenters. The Morgan fingerprint density at radius 3 is 2.56 bits per heavy atom. The number of ether oxygens (including phenoxy) is 1. The van der Waals surface area contributed by atoms with Crippen LogP contribution in [-0.2, 0) is 16.4 Å². The number of H-pyrrole nitrogens is 1. The highest BCUT2D eigenvalue weighted by Crippen LogP contribution is 2.47. The molecular weight excluding hydrogens is 514 g/mol. The molecule has 0 aliphatic carbocycles. The van der Waals surface area contributed by atoms with E-state index in [1.165, 1.54) is 0 Å². The molecule has 1 aromatic heterocycles. The minimum atomic E-state index is -3.24. The number of nitrogens with zero attached hydrogens (tertiary/aromatic N) is 2. The largest absolute Gasteiger partial charge is 0.507 e. The molecule has 0 spiro atoms. The third kappa shape index (κ3) is 4.57. The standard InChI is InChI=1S/C30H29N3O5S/c1-18-13-24(25(34)14-19(18)2)27-26-28(32-31-27)30(35)33(22-11-12-39(36,37)17-22)29(26)21-9-6-10-23(15-21)38-16-20-7-4-3-5-8-20/h3-10,13-15,22,29,34H,11-12,16-17H2,1-2H3,(H,31,32). The van der Waals surface area contributed by atoms with Crippen LogP contribution in [0.25, 0.3) is 11.3 Å². The Labute approximate surface area is 227 Å². The monoisotopic (exact) mass is 543 g/mol. The molecule has 0 bridgehead atoms. The summed E-state index contributed by atoms with van der Waals surface area (Å²) in [6, 6.07) is 19.9. The first-order chi connectivity index (χ1) is 18.7. The van der Waals surface area contributed by atoms with Gasteiger partial charge in [0, 0.05) is 17.2 Å². The molecule has 39 heavy (non-hydrogen) atoms. The number of phenolic OH excluding ortho intramolecular Hbond substituents is 1. The number of rotatable bonds is 6. The van der Waals surface area contributed by atoms with Gasteiger partial charge in [0.05, 0.1) is 17.5 Å². The van der Waals surface area contributed by atoms with E-state index < -0.39 is 21.9 Å². The van der Waals surface area contributed by atoms with E-state index in [9.17, 15) is 18.3 Å². The van der Waals surface area contributed by atoms with Crippen LogP contribution in [0.1, 0.15) is 50.8 Å². The van der Waals surface area contributed by atoms with Gasteiger partial charge in [-0.15, -0.1) is 0 Å². The fraction of sp³-hybridized carbons (Fsp3) is 0.267. The highest BCUT2D eigenvalue weighted by molar-refractivity contribution is 7.91. The van der Waals surface area contributed by atoms with Gasteiger partial charge in [-0.05, 0) is 66.8 Å². The predicted octanol–water partition coefficient (Wildman–Crippen LogP) is 4.71. The number of sulfone groups is 1. The van der Waals surface area contributed by atoms with E-state index in [4.69, 9.17) is 4.74 Å². The Bertz CT molecular complexity index is 1680. The van der Waals surface area contributed by atoms with Gasteiger partial charge in [0.25, 0.3) is 5.91 Å². The Morgan fingerprint density at radius 2 is 1.82 bits per heavy atom. The average molecular weight is 544 g/mol. The number of amides is 1. The molecule has 3 aromatic carbocycles. The minimum absolute atomic E-state index is 0.0470. The van der Waals surface area contributed by atoms with E-state index in [2.05, 4.69) is 10.2 Å². The fourth-order valence-corrected chi connectivity index (χ4v) is 7.29. The quantitative estimate of drug-likeness (QED) is 0.364. The minimum Gasteiger partial charge on any atom is -0.507 e. The number of aromatic amines is 1. The summed E-state index contributed by atoms with van der Waals surface area (Å²) < 4.78 is 30.9. The molecule has 1 amide bonds. The van der Waals surface area contributed by atoms with Gasteiger partial charge in [-0.2, -0.15) is 5.10 Å². The maximum Gasteiger partial charge on any atom is 0.273 e. The van der Waals surface area contributed by atoms with Crippen LogP contribution in [0.4, 0.5) is 0 Å². The van der Waals surface area contributed by atoms with Gasteiger partial charge in [-0.1, -0.05) is 42.5 Å². The van der Waals surface area contributed by atoms with Crippen molar-refractivity contribution in [2.45, 2.75) is 39.0 Å². The number of hydrogen-bond acceptors (Lipinski definition) is 6. The van der Waals surface area contributed by atoms with Gasteiger partial charge in [0.1, 0.15) is 29.5 Å². The van der Waals surface area contributed by atoms with E-state index >= 15 is 0 Å². The van der Waals surface area contributed by atoms with Crippen LogP contribution < -0.4 is 4.74 Å². The number of carbonyl (C=O) groups excluding carboxylic acids is 1. The molecule has 2 aliphatic rings. The second kappa shape index (κ2) is 9.57. The number of fused-ring (bicyclic) bond motifs is 1. The lowest BCUT2D eigenvalue weighted by Gasteiger charge is -2.31. The lowest BCUT2D eigenvalue weighted by Crippen LogP contribution is -2.40. The van der Waals surface area contributed by atoms with Crippen LogP contribution in [0.5, 0.6) is 11.5 Å². The predicted molar refractivity (Wildman–Crippen MR) is 147 cm³/mol. The van der Waals surface area contributed by atoms with E-state index in [1.807, 2.05) is 74.5 Å². The van der Waals surface area contributed by atoms with Crippen molar-refractivity contribution >= 4 is 15.7 Å². The number of carbonyl (C=O) groups is 1. The molecule has 2 unspecified atom stereocenters. The molecule has 0 radical (unpaired) electrons. The van der Waals surface area contributed by atoms with Gasteiger partial charge < -0.3 is 14.7 Å². The van der Waals surface area contributed by atoms with Crippen molar-refractivity contribution in [3.63, 3.8) is 0 Å². The SMILES string of the molecule is Cc1cc(O)c(-c2n[nH]c3c2C(c2cccc(OCc4ccccc4)c2)N(C2CCS(=O)(=O)C2)C3=O)cc1C. The van der Waals surface area contributed by atoms with E-state index in [0.717, 1.165) is 22.3 Å². The number of aromatic hydroxyl groups is 1. The fourth-order valence-electron chi connectivity index (χ4n) is 5.58. The zero-order valence-electron chi connectivity index (χ0n) is 21.7. The summed E-state index contributed by atoms with van der Waals surface area (Å²) in [6.07, 6.45) is 0.372. The first-order valence-electron chi connectivity index (χ1n) is 12.9. The van der Waals surface area contributed by atoms with Gasteiger partial charge in [0.2, 0.25) is 0 Å². The van der Waals surface area contributed by atoms with Crippen LogP contribution in [0, 0.1) is 13.8 Å². The molecule has 6 rings (SSSR count). The zero-order valence-corrected chi connectivity index (χ0v) is 22.5. The molecule has 2 aliphatic heterocycles. The van der Waals surface area contributed by atoms with Crippen molar-refractivity contribution in [1.82, 2.24) is 15.1 Å². The molecular formula is C30H29N3O5S. The second-order valence-corrected chi connectivity index (χ2v) is 12.6. The van der Waals surface area contributed by atoms with Crippen molar-refractivity contribution < 1.29 is 23.1 Å². The molecule has 0 saturated carbocycles. The first kappa shape index (κ1) is 25.2. The van der Waals surface area contributed by atoms with Crippen molar-refractivity contribution in [3.05, 3.63) is 100 Å². The topological polar surface area (TPSA) is 113 Å². The summed E-state index contributed by atoms with van der Waals surface area (Å²) in [4.78, 5) is 15.5. The van der Waals surface area contributed by atoms with Gasteiger partial charge in [-0.25, -0.2) is 8.42 Å². The Morgan fingerprint density at radius 1 is 1.05 bits per heavy atom. The van der Waals surface area contributed by atoms with Gasteiger partial charge in [0.15, 0.2) is 9.84 Å². The number of nitrogens with one attached hydrogen (secondary N) is 1. The number of aromatic nitrogens is 2. The number of phenols is 1. The second-order valence-electron chi connectivity index (χ2n) is 10.3. The third-order valence-electron chi connectivity index (χ3n) is 7.70. The zero-order chi connectivity index (χ0) is 27.3. The molecule has 1 fully saturated rings. The highest BCUT2D eigenvalue weighted by atomic mass is 32.2. The summed E-state index contributed by atoms with van der Waals surface area (Å²) >= 11 is 0. The lowest BCUT2D eigenvalue weighted by molar-refractivity contribution is 0.0677. The van der Waals surface area contributed by atoms with Crippen LogP contribution in [0.3, 0.4) is 0 Å². The van der Waals surface area contributed by atoms with Crippen LogP contribution >= 0.6 is 0 Å². The molecule has 1 saturated heterocycles. The van der Waals surface area contributed by atoms with Crippen molar-refractivity contribution in [2.75, 3.05) is 11.5 Å². The van der Waals surface area contributed by atoms with Gasteiger partial charge in [-0.3, -0.25) is 9.89 Å². The summed E-state index contributed by atoms with van der Waals surface area (Å²) in [7, 11) is -3.24. The summed E-state index contributed by atoms with van der Waals surface area (Å²) in [5, 5.41) is 18.2. The molecule has 9 heteroatoms. The number of aryl methyl sites for hydroxylation is 2. The molecule has 200 valence electrons. The molecule has 3 heterocycles. The Hall–Kier alpha value is -4.11. The van der Waals surface area contributed by atoms with Crippen molar-refractivity contribution in [1.29, 1.82) is 0 Å². The summed E-state index contributed by atoms with van der Waals surface area (Å²) in [6.45, 7) is 4.26. The molecule has 4 aromatic rings. The van der Waals surface area contributed by atoms with Crippen LogP contribution in [0.15, 0.2) is 66.7 Å². The van der Waals surface area contributed by atoms with E-state index in [1.54, 1.807) is 11.0 Å². The van der Waals surface area contributed by atoms with Crippen molar-refractivity contribution in [3.8, 4) is 22.8 Å². The third-order valence-corrected chi connectivity index (χ3v) is 9.45. The van der Waals surface area contributed by atoms with Crippen molar-refractivity contribution in [2.24, 2.45) is 0 Å².